The van der Waals surface area contributed by atoms with Crippen molar-refractivity contribution in [1.29, 1.82) is 0 Å². The highest BCUT2D eigenvalue weighted by Crippen LogP contribution is 2.74. The third-order valence-corrected chi connectivity index (χ3v) is 23.3. The number of esters is 2. The number of unbranched alkanes of at least 4 members (excludes halogenated alkanes) is 9. The molecule has 0 N–H and O–H groups in total. The molecule has 68 heavy (non-hydrogen) atoms. The lowest BCUT2D eigenvalue weighted by atomic mass is 9.40. The van der Waals surface area contributed by atoms with Gasteiger partial charge >= 0.3 is 11.9 Å². The van der Waals surface area contributed by atoms with E-state index in [0.29, 0.717) is 48.5 Å². The average Bonchev–Trinajstić information content (AvgIpc) is 3.56. The predicted molar refractivity (Wildman–Crippen MR) is 272 cm³/mol. The van der Waals surface area contributed by atoms with Gasteiger partial charge in [0.05, 0.1) is 52.1 Å². The summed E-state index contributed by atoms with van der Waals surface area (Å²) in [6.07, 6.45) is 31.8. The number of Topliss-reactive ketones (excluding diaryl/α,β-unsaturated/α-hetero) is 2. The molecular weight excluding hydrogens is 845 g/mol. The summed E-state index contributed by atoms with van der Waals surface area (Å²) in [5, 5.41) is 0. The van der Waals surface area contributed by atoms with Crippen LogP contribution in [0.15, 0.2) is 0 Å². The van der Waals surface area contributed by atoms with Crippen molar-refractivity contribution in [3.63, 3.8) is 0 Å². The quantitative estimate of drug-likeness (QED) is 0.0647. The zero-order valence-corrected chi connectivity index (χ0v) is 45.7. The fraction of sp³-hybridized carbons (Fsp3) is 0.933. The van der Waals surface area contributed by atoms with Crippen LogP contribution >= 0.6 is 0 Å². The molecule has 2 spiro atoms. The molecule has 0 aliphatic heterocycles. The molecule has 12 atom stereocenters. The Labute approximate surface area is 415 Å². The van der Waals surface area contributed by atoms with E-state index in [2.05, 4.69) is 69.7 Å². The van der Waals surface area contributed by atoms with Crippen molar-refractivity contribution in [3.05, 3.63) is 0 Å². The Morgan fingerprint density at radius 3 is 1.16 bits per heavy atom. The van der Waals surface area contributed by atoms with Gasteiger partial charge in [-0.25, -0.2) is 0 Å². The number of hydrogen-bond acceptors (Lipinski definition) is 6. The molecule has 4 bridgehead atoms. The van der Waals surface area contributed by atoms with Crippen LogP contribution in [0.3, 0.4) is 0 Å². The first-order valence-corrected chi connectivity index (χ1v) is 29.0. The summed E-state index contributed by atoms with van der Waals surface area (Å²) < 4.78 is 14.2. The molecule has 8 fully saturated rings. The minimum Gasteiger partial charge on any atom is -0.459 e. The summed E-state index contributed by atoms with van der Waals surface area (Å²) in [5.41, 5.74) is -0.412. The molecule has 8 heteroatoms. The summed E-state index contributed by atoms with van der Waals surface area (Å²) in [6, 6.07) is 0. The lowest BCUT2D eigenvalue weighted by molar-refractivity contribution is -0.890. The average molecular weight is 947 g/mol. The first kappa shape index (κ1) is 52.5. The number of quaternary nitrogens is 2. The van der Waals surface area contributed by atoms with Crippen LogP contribution in [-0.2, 0) is 28.7 Å². The zero-order chi connectivity index (χ0) is 49.1. The SMILES string of the molecule is C[C@@]12CC[C@@H]3[C@@](CC[C@H]4[C@@]3(C)CCC[C@@]4(C)C(=O)OCC[N+](C)(C)CCCCCCCCCCCC[N+](C)(C)CCOC(=O)[C@]3(C)CCC[C@@]4(C)[C@@H]5CC[C@@]6(C)C[C@]5(CC[C@@H]43)CC6=O)(CC1=O)C2. The Bertz CT molecular complexity index is 1750. The first-order valence-electron chi connectivity index (χ1n) is 29.0. The second-order valence-corrected chi connectivity index (χ2v) is 28.9. The molecule has 8 rings (SSSR count). The van der Waals surface area contributed by atoms with Crippen LogP contribution in [0.5, 0.6) is 0 Å². The van der Waals surface area contributed by atoms with E-state index >= 15 is 0 Å². The van der Waals surface area contributed by atoms with Crippen molar-refractivity contribution < 1.29 is 37.6 Å². The van der Waals surface area contributed by atoms with E-state index in [1.807, 2.05) is 0 Å². The minimum absolute atomic E-state index is 0.0423. The summed E-state index contributed by atoms with van der Waals surface area (Å²) in [5.74, 6) is 2.94. The normalized spacial score (nSPS) is 41.9. The largest absolute Gasteiger partial charge is 0.459 e. The zero-order valence-electron chi connectivity index (χ0n) is 45.7. The second-order valence-electron chi connectivity index (χ2n) is 28.9. The Kier molecular flexibility index (Phi) is 14.9. The highest BCUT2D eigenvalue weighted by Gasteiger charge is 2.70. The van der Waals surface area contributed by atoms with Crippen molar-refractivity contribution in [3.8, 4) is 0 Å². The molecule has 0 heterocycles. The molecule has 0 amide bonds. The second kappa shape index (κ2) is 19.2. The fourth-order valence-corrected chi connectivity index (χ4v) is 19.3. The topological polar surface area (TPSA) is 86.7 Å². The van der Waals surface area contributed by atoms with Gasteiger partial charge in [-0.15, -0.1) is 0 Å². The van der Waals surface area contributed by atoms with Crippen molar-refractivity contribution in [1.82, 2.24) is 0 Å². The molecule has 0 saturated heterocycles. The summed E-state index contributed by atoms with van der Waals surface area (Å²) in [4.78, 5) is 54.3. The maximum Gasteiger partial charge on any atom is 0.312 e. The Hall–Kier alpha value is -1.80. The van der Waals surface area contributed by atoms with E-state index in [1.54, 1.807) is 0 Å². The van der Waals surface area contributed by atoms with Crippen LogP contribution in [0, 0.1) is 67.0 Å². The van der Waals surface area contributed by atoms with E-state index in [1.165, 1.54) is 77.0 Å². The molecule has 0 unspecified atom stereocenters. The molecule has 8 aliphatic rings. The number of ether oxygens (including phenoxy) is 2. The predicted octanol–water partition coefficient (Wildman–Crippen LogP) is 12.9. The Morgan fingerprint density at radius 2 is 0.794 bits per heavy atom. The fourth-order valence-electron chi connectivity index (χ4n) is 19.3. The van der Waals surface area contributed by atoms with Gasteiger partial charge in [0.1, 0.15) is 37.9 Å². The molecule has 0 aromatic carbocycles. The van der Waals surface area contributed by atoms with Crippen molar-refractivity contribution in [2.24, 2.45) is 67.0 Å². The van der Waals surface area contributed by atoms with E-state index in [9.17, 15) is 19.2 Å². The van der Waals surface area contributed by atoms with Gasteiger partial charge in [0.25, 0.3) is 0 Å². The third kappa shape index (κ3) is 9.63. The highest BCUT2D eigenvalue weighted by molar-refractivity contribution is 5.89. The van der Waals surface area contributed by atoms with Crippen LogP contribution in [0.4, 0.5) is 0 Å². The number of ketones is 2. The molecule has 8 saturated carbocycles. The number of nitrogens with zero attached hydrogens (tertiary/aromatic N) is 2. The van der Waals surface area contributed by atoms with Crippen LogP contribution in [0.25, 0.3) is 0 Å². The van der Waals surface area contributed by atoms with Gasteiger partial charge in [0.2, 0.25) is 0 Å². The molecule has 8 nitrogen and oxygen atoms in total. The smallest absolute Gasteiger partial charge is 0.312 e. The number of rotatable bonds is 21. The van der Waals surface area contributed by atoms with Crippen LogP contribution in [0.2, 0.25) is 0 Å². The summed E-state index contributed by atoms with van der Waals surface area (Å²) >= 11 is 0. The van der Waals surface area contributed by atoms with Crippen molar-refractivity contribution in [2.75, 3.05) is 67.6 Å². The Balaban J connectivity index is 0.649. The molecule has 0 aromatic rings. The van der Waals surface area contributed by atoms with Crippen LogP contribution < -0.4 is 0 Å². The van der Waals surface area contributed by atoms with E-state index in [-0.39, 0.29) is 44.4 Å². The van der Waals surface area contributed by atoms with Gasteiger partial charge in [-0.1, -0.05) is 79.1 Å². The summed E-state index contributed by atoms with van der Waals surface area (Å²) in [6.45, 7) is 18.9. The van der Waals surface area contributed by atoms with Crippen LogP contribution in [-0.4, -0.2) is 100 Å². The molecule has 0 radical (unpaired) electrons. The minimum atomic E-state index is -0.416. The number of likely N-dealkylation sites (N-methyl/N-ethyl adjacent to an activating group) is 2. The van der Waals surface area contributed by atoms with Crippen LogP contribution in [0.1, 0.15) is 221 Å². The molecule has 8 aliphatic carbocycles. The number of carbonyl (C=O) groups excluding carboxylic acids is 4. The maximum absolute atomic E-state index is 14.0. The number of hydrogen-bond donors (Lipinski definition) is 0. The van der Waals surface area contributed by atoms with E-state index < -0.39 is 10.8 Å². The lowest BCUT2D eigenvalue weighted by Crippen LogP contribution is -2.59. The summed E-state index contributed by atoms with van der Waals surface area (Å²) in [7, 11) is 9.18. The van der Waals surface area contributed by atoms with Gasteiger partial charge in [-0.05, 0) is 175 Å². The van der Waals surface area contributed by atoms with E-state index in [4.69, 9.17) is 9.47 Å². The van der Waals surface area contributed by atoms with Gasteiger partial charge in [0.15, 0.2) is 0 Å². The lowest BCUT2D eigenvalue weighted by Gasteiger charge is -2.63. The van der Waals surface area contributed by atoms with Gasteiger partial charge in [-0.2, -0.15) is 0 Å². The van der Waals surface area contributed by atoms with Crippen molar-refractivity contribution >= 4 is 23.5 Å². The molecule has 386 valence electrons. The monoisotopic (exact) mass is 947 g/mol. The Morgan fingerprint density at radius 1 is 0.456 bits per heavy atom. The number of fused-ring (bicyclic) bond motifs is 6. The van der Waals surface area contributed by atoms with Gasteiger partial charge < -0.3 is 18.4 Å². The van der Waals surface area contributed by atoms with Crippen molar-refractivity contribution in [2.45, 2.75) is 221 Å². The standard InChI is InChI=1S/C60H102N2O6/c1-53-31-23-47-55(3)27-21-29-57(5,45(55)25-33-59(47,43-53)41-49(53)63)51(65)67-39-37-61(7,8)35-19-17-15-13-11-12-14-16-18-20-36-62(9,10)38-40-68-52(66)58(6)30-22-28-56(4)46(58)26-34-60-42-50(64)54(2,44-60)32-24-48(56)60/h45-48H,11-44H2,1-10H3/q+2/t45-,46-,47-,48-,53-,54-,55+,56+,57+,58+,59-,60-/m0/s1. The van der Waals surface area contributed by atoms with E-state index in [0.717, 1.165) is 138 Å². The molecular formula is C60H102N2O6+2. The number of carbonyl (C=O) groups is 4. The van der Waals surface area contributed by atoms with Gasteiger partial charge in [-0.3, -0.25) is 19.2 Å². The first-order chi connectivity index (χ1) is 31.9. The van der Waals surface area contributed by atoms with Gasteiger partial charge in [0, 0.05) is 23.7 Å². The highest BCUT2D eigenvalue weighted by atomic mass is 16.5. The molecule has 0 aromatic heterocycles. The third-order valence-electron chi connectivity index (χ3n) is 23.3. The maximum atomic E-state index is 14.0.